The van der Waals surface area contributed by atoms with E-state index in [1.807, 2.05) is 0 Å². The maximum absolute atomic E-state index is 14.1. The smallest absolute Gasteiger partial charge is 0.257 e. The van der Waals surface area contributed by atoms with Gasteiger partial charge in [-0.25, -0.2) is 8.78 Å². The van der Waals surface area contributed by atoms with Gasteiger partial charge in [0.2, 0.25) is 11.7 Å². The van der Waals surface area contributed by atoms with Gasteiger partial charge in [0.1, 0.15) is 17.7 Å². The average molecular weight is 390 g/mol. The predicted octanol–water partition coefficient (Wildman–Crippen LogP) is 4.65. The molecule has 27 heavy (non-hydrogen) atoms. The van der Waals surface area contributed by atoms with Crippen molar-refractivity contribution in [3.05, 3.63) is 70.6 Å². The first-order valence-electron chi connectivity index (χ1n) is 8.38. The zero-order valence-corrected chi connectivity index (χ0v) is 14.8. The van der Waals surface area contributed by atoms with Gasteiger partial charge < -0.3 is 9.42 Å². The second-order valence-corrected chi connectivity index (χ2v) is 6.68. The van der Waals surface area contributed by atoms with Crippen molar-refractivity contribution in [3.8, 4) is 11.4 Å². The molecule has 1 saturated heterocycles. The molecule has 0 bridgehead atoms. The number of hydrogen-bond acceptors (Lipinski definition) is 4. The minimum Gasteiger partial charge on any atom is -0.337 e. The van der Waals surface area contributed by atoms with Crippen molar-refractivity contribution in [2.24, 2.45) is 0 Å². The van der Waals surface area contributed by atoms with E-state index in [1.165, 1.54) is 35.2 Å². The first-order valence-corrected chi connectivity index (χ1v) is 8.76. The molecule has 0 unspecified atom stereocenters. The van der Waals surface area contributed by atoms with Gasteiger partial charge in [0.25, 0.3) is 5.91 Å². The summed E-state index contributed by atoms with van der Waals surface area (Å²) in [5.41, 5.74) is 0.510. The molecule has 0 saturated carbocycles. The van der Waals surface area contributed by atoms with Crippen LogP contribution >= 0.6 is 11.6 Å². The van der Waals surface area contributed by atoms with Gasteiger partial charge in [0.05, 0.1) is 5.56 Å². The number of hydrogen-bond donors (Lipinski definition) is 0. The number of carbonyl (C=O) groups excluding carboxylic acids is 1. The van der Waals surface area contributed by atoms with Crippen LogP contribution in [-0.4, -0.2) is 27.5 Å². The monoisotopic (exact) mass is 389 g/mol. The first kappa shape index (κ1) is 17.6. The highest BCUT2D eigenvalue weighted by Crippen LogP contribution is 2.34. The van der Waals surface area contributed by atoms with Crippen LogP contribution in [0, 0.1) is 11.6 Å². The molecule has 3 aromatic rings. The summed E-state index contributed by atoms with van der Waals surface area (Å²) >= 11 is 5.90. The lowest BCUT2D eigenvalue weighted by molar-refractivity contribution is 0.0705. The summed E-state index contributed by atoms with van der Waals surface area (Å²) in [5.74, 6) is -0.897. The van der Waals surface area contributed by atoms with Crippen molar-refractivity contribution in [3.63, 3.8) is 0 Å². The van der Waals surface area contributed by atoms with E-state index >= 15 is 0 Å². The fraction of sp³-hybridized carbons (Fsp3) is 0.211. The van der Waals surface area contributed by atoms with Crippen molar-refractivity contribution in [2.75, 3.05) is 6.54 Å². The molecule has 2 heterocycles. The molecule has 8 heteroatoms. The second kappa shape index (κ2) is 7.08. The predicted molar refractivity (Wildman–Crippen MR) is 94.1 cm³/mol. The molecule has 1 fully saturated rings. The van der Waals surface area contributed by atoms with Gasteiger partial charge in [0.15, 0.2) is 0 Å². The molecule has 1 atom stereocenters. The lowest BCUT2D eigenvalue weighted by atomic mass is 10.1. The molecule has 0 aliphatic carbocycles. The number of amides is 1. The standard InChI is InChI=1S/C19H14ClF2N3O2/c20-12-5-8-15(22)14(10-12)19(26)25-9-1-2-16(25)18-23-17(24-27-18)11-3-6-13(21)7-4-11/h3-8,10,16H,1-2,9H2/t16-/m0/s1. The fourth-order valence-electron chi connectivity index (χ4n) is 3.17. The van der Waals surface area contributed by atoms with Gasteiger partial charge in [-0.3, -0.25) is 4.79 Å². The molecule has 0 radical (unpaired) electrons. The number of aromatic nitrogens is 2. The van der Waals surface area contributed by atoms with Crippen LogP contribution in [0.3, 0.4) is 0 Å². The van der Waals surface area contributed by atoms with E-state index in [0.29, 0.717) is 24.4 Å². The topological polar surface area (TPSA) is 59.2 Å². The van der Waals surface area contributed by atoms with Crippen LogP contribution < -0.4 is 0 Å². The van der Waals surface area contributed by atoms with Crippen LogP contribution in [0.2, 0.25) is 5.02 Å². The van der Waals surface area contributed by atoms with Crippen molar-refractivity contribution in [1.82, 2.24) is 15.0 Å². The summed E-state index contributed by atoms with van der Waals surface area (Å²) in [6.45, 7) is 0.448. The van der Waals surface area contributed by atoms with E-state index in [-0.39, 0.29) is 22.3 Å². The van der Waals surface area contributed by atoms with Crippen molar-refractivity contribution < 1.29 is 18.1 Å². The summed E-state index contributed by atoms with van der Waals surface area (Å²) < 4.78 is 32.5. The van der Waals surface area contributed by atoms with E-state index in [1.54, 1.807) is 12.1 Å². The SMILES string of the molecule is O=C(c1cc(Cl)ccc1F)N1CCC[C@H]1c1nc(-c2ccc(F)cc2)no1. The molecule has 1 aromatic heterocycles. The number of nitrogens with zero attached hydrogens (tertiary/aromatic N) is 3. The Balaban J connectivity index is 1.61. The molecule has 2 aromatic carbocycles. The van der Waals surface area contributed by atoms with Gasteiger partial charge in [-0.05, 0) is 55.3 Å². The second-order valence-electron chi connectivity index (χ2n) is 6.24. The van der Waals surface area contributed by atoms with Gasteiger partial charge in [-0.1, -0.05) is 16.8 Å². The van der Waals surface area contributed by atoms with Crippen molar-refractivity contribution >= 4 is 17.5 Å². The average Bonchev–Trinajstić information content (AvgIpc) is 3.32. The summed E-state index contributed by atoms with van der Waals surface area (Å²) in [7, 11) is 0. The number of rotatable bonds is 3. The molecule has 138 valence electrons. The molecule has 1 aliphatic heterocycles. The third-order valence-corrected chi connectivity index (χ3v) is 4.74. The van der Waals surface area contributed by atoms with Gasteiger partial charge in [-0.15, -0.1) is 0 Å². The number of benzene rings is 2. The molecular weight excluding hydrogens is 376 g/mol. The normalized spacial score (nSPS) is 16.7. The number of likely N-dealkylation sites (tertiary alicyclic amines) is 1. The maximum Gasteiger partial charge on any atom is 0.257 e. The van der Waals surface area contributed by atoms with E-state index in [0.717, 1.165) is 6.42 Å². The van der Waals surface area contributed by atoms with E-state index in [2.05, 4.69) is 10.1 Å². The Hall–Kier alpha value is -2.80. The Morgan fingerprint density at radius 2 is 1.96 bits per heavy atom. The van der Waals surface area contributed by atoms with E-state index in [9.17, 15) is 13.6 Å². The van der Waals surface area contributed by atoms with Crippen LogP contribution in [0.5, 0.6) is 0 Å². The quantitative estimate of drug-likeness (QED) is 0.654. The Labute approximate surface area is 158 Å². The third-order valence-electron chi connectivity index (χ3n) is 4.50. The Morgan fingerprint density at radius 3 is 2.74 bits per heavy atom. The summed E-state index contributed by atoms with van der Waals surface area (Å²) in [6.07, 6.45) is 1.35. The third kappa shape index (κ3) is 3.42. The fourth-order valence-corrected chi connectivity index (χ4v) is 3.34. The zero-order chi connectivity index (χ0) is 19.0. The zero-order valence-electron chi connectivity index (χ0n) is 14.0. The molecule has 5 nitrogen and oxygen atoms in total. The highest BCUT2D eigenvalue weighted by molar-refractivity contribution is 6.31. The van der Waals surface area contributed by atoms with Crippen molar-refractivity contribution in [1.29, 1.82) is 0 Å². The minimum absolute atomic E-state index is 0.0901. The van der Waals surface area contributed by atoms with E-state index < -0.39 is 17.8 Å². The number of carbonyl (C=O) groups is 1. The van der Waals surface area contributed by atoms with Gasteiger partial charge in [-0.2, -0.15) is 4.98 Å². The highest BCUT2D eigenvalue weighted by Gasteiger charge is 2.35. The molecule has 4 rings (SSSR count). The molecule has 1 amide bonds. The minimum atomic E-state index is -0.632. The number of halogens is 3. The van der Waals surface area contributed by atoms with E-state index in [4.69, 9.17) is 16.1 Å². The van der Waals surface area contributed by atoms with Crippen LogP contribution in [-0.2, 0) is 0 Å². The van der Waals surface area contributed by atoms with Crippen molar-refractivity contribution in [2.45, 2.75) is 18.9 Å². The highest BCUT2D eigenvalue weighted by atomic mass is 35.5. The largest absolute Gasteiger partial charge is 0.337 e. The van der Waals surface area contributed by atoms with Gasteiger partial charge in [0, 0.05) is 17.1 Å². The summed E-state index contributed by atoms with van der Waals surface area (Å²) in [5, 5.41) is 4.20. The Bertz CT molecular complexity index is 991. The lowest BCUT2D eigenvalue weighted by Gasteiger charge is -2.22. The molecule has 0 spiro atoms. The van der Waals surface area contributed by atoms with Crippen LogP contribution in [0.4, 0.5) is 8.78 Å². The molecular formula is C19H14ClF2N3O2. The molecule has 1 aliphatic rings. The Morgan fingerprint density at radius 1 is 1.19 bits per heavy atom. The van der Waals surface area contributed by atoms with Crippen LogP contribution in [0.1, 0.15) is 35.1 Å². The first-order chi connectivity index (χ1) is 13.0. The van der Waals surface area contributed by atoms with Crippen LogP contribution in [0.25, 0.3) is 11.4 Å². The van der Waals surface area contributed by atoms with Gasteiger partial charge >= 0.3 is 0 Å². The summed E-state index contributed by atoms with van der Waals surface area (Å²) in [4.78, 5) is 18.7. The molecule has 0 N–H and O–H groups in total. The Kier molecular flexibility index (Phi) is 4.61. The van der Waals surface area contributed by atoms with Crippen LogP contribution in [0.15, 0.2) is 47.0 Å². The summed E-state index contributed by atoms with van der Waals surface area (Å²) in [6, 6.07) is 9.12. The lowest BCUT2D eigenvalue weighted by Crippen LogP contribution is -2.31. The maximum atomic E-state index is 14.1.